The van der Waals surface area contributed by atoms with Gasteiger partial charge < -0.3 is 4.74 Å². The predicted molar refractivity (Wildman–Crippen MR) is 75.4 cm³/mol. The Hall–Kier alpha value is -1.05. The van der Waals surface area contributed by atoms with Crippen molar-refractivity contribution in [1.82, 2.24) is 0 Å². The number of hydrogen-bond acceptors (Lipinski definition) is 2. The molecule has 1 aliphatic rings. The maximum Gasteiger partial charge on any atom is 0.330 e. The van der Waals surface area contributed by atoms with Gasteiger partial charge in [-0.05, 0) is 19.3 Å². The van der Waals surface area contributed by atoms with Gasteiger partial charge in [0, 0.05) is 6.08 Å². The third kappa shape index (κ3) is 9.03. The zero-order valence-electron chi connectivity index (χ0n) is 11.4. The molecule has 0 atom stereocenters. The Morgan fingerprint density at radius 1 is 0.778 bits per heavy atom. The van der Waals surface area contributed by atoms with Gasteiger partial charge in [-0.15, -0.1) is 0 Å². The van der Waals surface area contributed by atoms with E-state index in [-0.39, 0.29) is 5.97 Å². The molecule has 0 saturated heterocycles. The normalized spacial score (nSPS) is 24.8. The largest absolute Gasteiger partial charge is 0.463 e. The average molecular weight is 250 g/mol. The van der Waals surface area contributed by atoms with Crippen LogP contribution in [0.15, 0.2) is 24.3 Å². The van der Waals surface area contributed by atoms with Crippen molar-refractivity contribution in [2.45, 2.75) is 64.2 Å². The number of allylic oxidation sites excluding steroid dienone is 3. The second-order valence-electron chi connectivity index (χ2n) is 4.93. The number of esters is 1. The standard InChI is InChI=1S/C16H26O2/c17-16-14-12-10-8-6-4-2-1-3-5-7-9-11-13-15-18-16/h8,10,12,14H,1-7,9,11,13,15H2/b10-8+,14-12+. The number of ether oxygens (including phenoxy) is 1. The fraction of sp³-hybridized carbons (Fsp3) is 0.688. The molecule has 0 fully saturated rings. The quantitative estimate of drug-likeness (QED) is 0.589. The summed E-state index contributed by atoms with van der Waals surface area (Å²) in [7, 11) is 0. The molecule has 102 valence electrons. The third-order valence-corrected chi connectivity index (χ3v) is 3.24. The topological polar surface area (TPSA) is 26.3 Å². The Bertz CT molecular complexity index is 266. The smallest absolute Gasteiger partial charge is 0.330 e. The zero-order chi connectivity index (χ0) is 12.9. The van der Waals surface area contributed by atoms with Gasteiger partial charge in [0.25, 0.3) is 0 Å². The lowest BCUT2D eigenvalue weighted by atomic mass is 10.1. The van der Waals surface area contributed by atoms with Crippen LogP contribution in [0.1, 0.15) is 64.2 Å². The molecule has 0 bridgehead atoms. The van der Waals surface area contributed by atoms with Gasteiger partial charge in [0.2, 0.25) is 0 Å². The summed E-state index contributed by atoms with van der Waals surface area (Å²) >= 11 is 0. The number of carbonyl (C=O) groups is 1. The number of hydrogen-bond donors (Lipinski definition) is 0. The van der Waals surface area contributed by atoms with Gasteiger partial charge in [-0.2, -0.15) is 0 Å². The summed E-state index contributed by atoms with van der Waals surface area (Å²) < 4.78 is 5.11. The highest BCUT2D eigenvalue weighted by molar-refractivity contribution is 5.82. The maximum atomic E-state index is 11.3. The lowest BCUT2D eigenvalue weighted by Gasteiger charge is -2.03. The molecular formula is C16H26O2. The Morgan fingerprint density at radius 2 is 1.39 bits per heavy atom. The molecule has 0 N–H and O–H groups in total. The molecule has 0 aliphatic carbocycles. The van der Waals surface area contributed by atoms with E-state index in [2.05, 4.69) is 6.08 Å². The van der Waals surface area contributed by atoms with E-state index in [0.29, 0.717) is 6.61 Å². The lowest BCUT2D eigenvalue weighted by Crippen LogP contribution is -2.01. The highest BCUT2D eigenvalue weighted by Gasteiger charge is 1.97. The first-order chi connectivity index (χ1) is 8.89. The molecule has 2 heteroatoms. The third-order valence-electron chi connectivity index (χ3n) is 3.24. The summed E-state index contributed by atoms with van der Waals surface area (Å²) in [5, 5.41) is 0. The van der Waals surface area contributed by atoms with Crippen molar-refractivity contribution >= 4 is 5.97 Å². The SMILES string of the molecule is O=C1/C=C/C=C/CCCCCCCCCCCO1. The van der Waals surface area contributed by atoms with E-state index >= 15 is 0 Å². The van der Waals surface area contributed by atoms with Crippen molar-refractivity contribution in [3.05, 3.63) is 24.3 Å². The van der Waals surface area contributed by atoms with Gasteiger partial charge in [0.05, 0.1) is 6.61 Å². The van der Waals surface area contributed by atoms with E-state index in [9.17, 15) is 4.79 Å². The predicted octanol–water partition coefficient (Wildman–Crippen LogP) is 4.56. The summed E-state index contributed by atoms with van der Waals surface area (Å²) in [6, 6.07) is 0. The molecule has 1 rings (SSSR count). The summed E-state index contributed by atoms with van der Waals surface area (Å²) in [6.07, 6.45) is 19.9. The van der Waals surface area contributed by atoms with Crippen LogP contribution in [-0.4, -0.2) is 12.6 Å². The van der Waals surface area contributed by atoms with E-state index in [1.807, 2.05) is 6.08 Å². The van der Waals surface area contributed by atoms with Gasteiger partial charge in [-0.3, -0.25) is 0 Å². The van der Waals surface area contributed by atoms with Crippen molar-refractivity contribution < 1.29 is 9.53 Å². The summed E-state index contributed by atoms with van der Waals surface area (Å²) in [5.41, 5.74) is 0. The molecule has 18 heavy (non-hydrogen) atoms. The number of carbonyl (C=O) groups excluding carboxylic acids is 1. The second-order valence-corrected chi connectivity index (χ2v) is 4.93. The zero-order valence-corrected chi connectivity index (χ0v) is 11.4. The molecule has 2 nitrogen and oxygen atoms in total. The first kappa shape index (κ1) is 15.0. The van der Waals surface area contributed by atoms with E-state index in [4.69, 9.17) is 4.74 Å². The van der Waals surface area contributed by atoms with Crippen LogP contribution in [0, 0.1) is 0 Å². The lowest BCUT2D eigenvalue weighted by molar-refractivity contribution is -0.137. The second kappa shape index (κ2) is 11.1. The molecule has 0 amide bonds. The van der Waals surface area contributed by atoms with Gasteiger partial charge in [-0.25, -0.2) is 4.79 Å². The minimum absolute atomic E-state index is 0.219. The Morgan fingerprint density at radius 3 is 2.11 bits per heavy atom. The van der Waals surface area contributed by atoms with E-state index < -0.39 is 0 Å². The highest BCUT2D eigenvalue weighted by atomic mass is 16.5. The Kier molecular flexibility index (Phi) is 9.23. The molecule has 0 radical (unpaired) electrons. The fourth-order valence-electron chi connectivity index (χ4n) is 2.13. The molecule has 0 unspecified atom stereocenters. The molecule has 0 aromatic rings. The minimum Gasteiger partial charge on any atom is -0.463 e. The van der Waals surface area contributed by atoms with E-state index in [0.717, 1.165) is 12.8 Å². The monoisotopic (exact) mass is 250 g/mol. The van der Waals surface area contributed by atoms with Crippen molar-refractivity contribution in [2.24, 2.45) is 0 Å². The molecule has 0 spiro atoms. The molecule has 0 saturated carbocycles. The van der Waals surface area contributed by atoms with Crippen LogP contribution in [-0.2, 0) is 9.53 Å². The van der Waals surface area contributed by atoms with Gasteiger partial charge >= 0.3 is 5.97 Å². The van der Waals surface area contributed by atoms with Crippen molar-refractivity contribution in [1.29, 1.82) is 0 Å². The summed E-state index contributed by atoms with van der Waals surface area (Å²) in [4.78, 5) is 11.3. The molecule has 1 aliphatic heterocycles. The van der Waals surface area contributed by atoms with Crippen LogP contribution in [0.2, 0.25) is 0 Å². The van der Waals surface area contributed by atoms with Crippen LogP contribution in [0.3, 0.4) is 0 Å². The van der Waals surface area contributed by atoms with E-state index in [1.54, 1.807) is 6.08 Å². The van der Waals surface area contributed by atoms with Crippen LogP contribution >= 0.6 is 0 Å². The molecular weight excluding hydrogens is 224 g/mol. The van der Waals surface area contributed by atoms with Crippen molar-refractivity contribution in [3.63, 3.8) is 0 Å². The Labute approximate surface area is 111 Å². The van der Waals surface area contributed by atoms with Crippen LogP contribution in [0.25, 0.3) is 0 Å². The number of cyclic esters (lactones) is 1. The first-order valence-corrected chi connectivity index (χ1v) is 7.39. The Balaban J connectivity index is 2.26. The van der Waals surface area contributed by atoms with Crippen LogP contribution < -0.4 is 0 Å². The van der Waals surface area contributed by atoms with Crippen molar-refractivity contribution in [3.8, 4) is 0 Å². The van der Waals surface area contributed by atoms with Gasteiger partial charge in [0.15, 0.2) is 0 Å². The van der Waals surface area contributed by atoms with Crippen LogP contribution in [0.5, 0.6) is 0 Å². The molecule has 1 heterocycles. The summed E-state index contributed by atoms with van der Waals surface area (Å²) in [6.45, 7) is 0.562. The molecule has 0 aromatic carbocycles. The first-order valence-electron chi connectivity index (χ1n) is 7.39. The fourth-order valence-corrected chi connectivity index (χ4v) is 2.13. The van der Waals surface area contributed by atoms with Crippen LogP contribution in [0.4, 0.5) is 0 Å². The number of rotatable bonds is 0. The molecule has 0 aromatic heterocycles. The minimum atomic E-state index is -0.219. The van der Waals surface area contributed by atoms with E-state index in [1.165, 1.54) is 57.4 Å². The maximum absolute atomic E-state index is 11.3. The summed E-state index contributed by atoms with van der Waals surface area (Å²) in [5.74, 6) is -0.219. The van der Waals surface area contributed by atoms with Gasteiger partial charge in [-0.1, -0.05) is 63.2 Å². The van der Waals surface area contributed by atoms with Crippen molar-refractivity contribution in [2.75, 3.05) is 6.61 Å². The average Bonchev–Trinajstić information content (AvgIpc) is 2.37. The van der Waals surface area contributed by atoms with Gasteiger partial charge in [0.1, 0.15) is 0 Å². The highest BCUT2D eigenvalue weighted by Crippen LogP contribution is 2.11.